The lowest BCUT2D eigenvalue weighted by Gasteiger charge is -2.10. The van der Waals surface area contributed by atoms with E-state index in [0.29, 0.717) is 0 Å². The molecular weight excluding hydrogens is 387 g/mol. The van der Waals surface area contributed by atoms with Gasteiger partial charge in [0.1, 0.15) is 11.4 Å². The molecule has 28 heavy (non-hydrogen) atoms. The zero-order valence-electron chi connectivity index (χ0n) is 13.6. The molecule has 3 rings (SSSR count). The van der Waals surface area contributed by atoms with Crippen LogP contribution in [0.1, 0.15) is 10.5 Å². The van der Waals surface area contributed by atoms with Gasteiger partial charge in [-0.15, -0.1) is 13.2 Å². The van der Waals surface area contributed by atoms with E-state index >= 15 is 0 Å². The number of aromatic nitrogens is 2. The monoisotopic (exact) mass is 397 g/mol. The van der Waals surface area contributed by atoms with E-state index in [9.17, 15) is 27.9 Å². The Morgan fingerprint density at radius 3 is 2.64 bits per heavy atom. The Morgan fingerprint density at radius 1 is 1.29 bits per heavy atom. The number of nitrogens with two attached hydrogens (primary N) is 1. The van der Waals surface area contributed by atoms with Gasteiger partial charge >= 0.3 is 12.3 Å². The van der Waals surface area contributed by atoms with E-state index < -0.39 is 41.3 Å². The van der Waals surface area contributed by atoms with Gasteiger partial charge in [0.2, 0.25) is 5.78 Å². The van der Waals surface area contributed by atoms with Gasteiger partial charge in [-0.25, -0.2) is 4.98 Å². The Bertz CT molecular complexity index is 1080. The van der Waals surface area contributed by atoms with Crippen LogP contribution in [-0.2, 0) is 4.79 Å². The molecule has 4 N–H and O–H groups in total. The number of carboxylic acid groups (broad SMARTS) is 1. The molecule has 0 bridgehead atoms. The van der Waals surface area contributed by atoms with Crippen molar-refractivity contribution in [3.05, 3.63) is 36.2 Å². The fraction of sp³-hybridized carbons (Fsp3) is 0.125. The van der Waals surface area contributed by atoms with Gasteiger partial charge in [-0.3, -0.25) is 9.59 Å². The summed E-state index contributed by atoms with van der Waals surface area (Å²) in [6, 6.07) is 2.70. The van der Waals surface area contributed by atoms with E-state index in [4.69, 9.17) is 15.4 Å². The highest BCUT2D eigenvalue weighted by Gasteiger charge is 2.32. The number of halogens is 3. The lowest BCUT2D eigenvalue weighted by atomic mass is 10.0. The highest BCUT2D eigenvalue weighted by molar-refractivity contribution is 6.14. The molecule has 0 spiro atoms. The normalized spacial score (nSPS) is 12.7. The van der Waals surface area contributed by atoms with Crippen molar-refractivity contribution in [2.45, 2.75) is 12.4 Å². The molecule has 0 fully saturated rings. The third kappa shape index (κ3) is 3.57. The SMILES string of the molecule is NC(C(=O)O)C(=O)c1ncc2onc(-c3cccc(OC(F)(F)F)c3)c2c1O. The van der Waals surface area contributed by atoms with Crippen LogP contribution in [0.5, 0.6) is 11.5 Å². The fourth-order valence-electron chi connectivity index (χ4n) is 2.40. The van der Waals surface area contributed by atoms with Crippen LogP contribution < -0.4 is 10.5 Å². The van der Waals surface area contributed by atoms with Crippen molar-refractivity contribution in [3.8, 4) is 22.8 Å². The van der Waals surface area contributed by atoms with Gasteiger partial charge in [-0.2, -0.15) is 0 Å². The van der Waals surface area contributed by atoms with Gasteiger partial charge in [0.15, 0.2) is 23.1 Å². The van der Waals surface area contributed by atoms with Gasteiger partial charge < -0.3 is 25.2 Å². The zero-order chi connectivity index (χ0) is 20.6. The number of hydrogen-bond donors (Lipinski definition) is 3. The number of benzene rings is 1. The molecule has 146 valence electrons. The first-order valence-electron chi connectivity index (χ1n) is 7.44. The van der Waals surface area contributed by atoms with E-state index in [1.54, 1.807) is 0 Å². The minimum atomic E-state index is -4.91. The summed E-state index contributed by atoms with van der Waals surface area (Å²) in [5.74, 6) is -4.11. The molecule has 0 saturated heterocycles. The quantitative estimate of drug-likeness (QED) is 0.434. The number of carboxylic acids is 1. The van der Waals surface area contributed by atoms with Crippen LogP contribution in [0.4, 0.5) is 13.2 Å². The molecule has 0 saturated carbocycles. The van der Waals surface area contributed by atoms with Crippen molar-refractivity contribution in [2.75, 3.05) is 0 Å². The zero-order valence-corrected chi connectivity index (χ0v) is 13.6. The number of aliphatic carboxylic acids is 1. The van der Waals surface area contributed by atoms with Crippen LogP contribution in [-0.4, -0.2) is 44.5 Å². The number of nitrogens with zero attached hydrogens (tertiary/aromatic N) is 2. The first-order chi connectivity index (χ1) is 13.1. The van der Waals surface area contributed by atoms with Crippen LogP contribution in [0.2, 0.25) is 0 Å². The van der Waals surface area contributed by atoms with Gasteiger partial charge in [0.05, 0.1) is 11.6 Å². The average molecular weight is 397 g/mol. The van der Waals surface area contributed by atoms with E-state index in [0.717, 1.165) is 18.3 Å². The molecule has 2 heterocycles. The van der Waals surface area contributed by atoms with Gasteiger partial charge in [-0.05, 0) is 12.1 Å². The van der Waals surface area contributed by atoms with Gasteiger partial charge in [0, 0.05) is 5.56 Å². The number of pyridine rings is 1. The maximum absolute atomic E-state index is 12.4. The van der Waals surface area contributed by atoms with Crippen LogP contribution in [0, 0.1) is 0 Å². The van der Waals surface area contributed by atoms with Crippen molar-refractivity contribution in [3.63, 3.8) is 0 Å². The van der Waals surface area contributed by atoms with E-state index in [-0.39, 0.29) is 22.2 Å². The second-order valence-corrected chi connectivity index (χ2v) is 5.48. The number of rotatable bonds is 5. The van der Waals surface area contributed by atoms with Gasteiger partial charge in [0.25, 0.3) is 0 Å². The number of ether oxygens (including phenoxy) is 1. The minimum absolute atomic E-state index is 0.0722. The molecule has 0 radical (unpaired) electrons. The second kappa shape index (κ2) is 6.81. The summed E-state index contributed by atoms with van der Waals surface area (Å²) >= 11 is 0. The molecule has 12 heteroatoms. The number of carbonyl (C=O) groups is 2. The minimum Gasteiger partial charge on any atom is -0.505 e. The first kappa shape index (κ1) is 19.1. The Balaban J connectivity index is 2.11. The van der Waals surface area contributed by atoms with Crippen molar-refractivity contribution >= 4 is 22.7 Å². The van der Waals surface area contributed by atoms with Crippen molar-refractivity contribution in [1.29, 1.82) is 0 Å². The Morgan fingerprint density at radius 2 is 2.00 bits per heavy atom. The first-order valence-corrected chi connectivity index (χ1v) is 7.44. The Hall–Kier alpha value is -3.67. The molecular formula is C16H10F3N3O6. The molecule has 1 unspecified atom stereocenters. The summed E-state index contributed by atoms with van der Waals surface area (Å²) in [5.41, 5.74) is 4.48. The number of hydrogen-bond acceptors (Lipinski definition) is 8. The summed E-state index contributed by atoms with van der Waals surface area (Å²) in [7, 11) is 0. The third-order valence-corrected chi connectivity index (χ3v) is 3.61. The third-order valence-electron chi connectivity index (χ3n) is 3.61. The topological polar surface area (TPSA) is 149 Å². The second-order valence-electron chi connectivity index (χ2n) is 5.48. The van der Waals surface area contributed by atoms with E-state index in [1.807, 2.05) is 0 Å². The fourth-order valence-corrected chi connectivity index (χ4v) is 2.40. The molecule has 0 aliphatic heterocycles. The summed E-state index contributed by atoms with van der Waals surface area (Å²) in [6.07, 6.45) is -3.91. The van der Waals surface area contributed by atoms with Crippen molar-refractivity contribution < 1.29 is 42.2 Å². The Labute approximate surface area is 153 Å². The van der Waals surface area contributed by atoms with Gasteiger partial charge in [-0.1, -0.05) is 17.3 Å². The number of alkyl halides is 3. The largest absolute Gasteiger partial charge is 0.573 e. The van der Waals surface area contributed by atoms with Crippen molar-refractivity contribution in [2.24, 2.45) is 5.73 Å². The molecule has 1 aromatic carbocycles. The molecule has 0 aliphatic carbocycles. The van der Waals surface area contributed by atoms with Crippen LogP contribution >= 0.6 is 0 Å². The standard InChI is InChI=1S/C16H10F3N3O6/c17-16(18,19)27-7-3-1-2-6(4-7)11-9-8(28-22-11)5-21-12(13(9)23)14(24)10(20)15(25)26/h1-5,10,23H,20H2,(H,25,26). The molecule has 1 atom stereocenters. The molecule has 0 aliphatic rings. The maximum atomic E-state index is 12.4. The summed E-state index contributed by atoms with van der Waals surface area (Å²) in [5, 5.41) is 22.8. The van der Waals surface area contributed by atoms with E-state index in [2.05, 4.69) is 14.9 Å². The van der Waals surface area contributed by atoms with Crippen LogP contribution in [0.3, 0.4) is 0 Å². The van der Waals surface area contributed by atoms with Crippen LogP contribution in [0.25, 0.3) is 22.2 Å². The summed E-state index contributed by atoms with van der Waals surface area (Å²) in [4.78, 5) is 26.6. The van der Waals surface area contributed by atoms with Crippen LogP contribution in [0.15, 0.2) is 35.0 Å². The molecule has 0 amide bonds. The van der Waals surface area contributed by atoms with Crippen molar-refractivity contribution in [1.82, 2.24) is 10.1 Å². The average Bonchev–Trinajstić information content (AvgIpc) is 3.04. The number of carbonyl (C=O) groups excluding carboxylic acids is 1. The predicted octanol–water partition coefficient (Wildman–Crippen LogP) is 2.09. The van der Waals surface area contributed by atoms with E-state index in [1.165, 1.54) is 12.1 Å². The smallest absolute Gasteiger partial charge is 0.505 e. The molecule has 2 aromatic heterocycles. The number of Topliss-reactive ketones (excluding diaryl/α,β-unsaturated/α-hetero) is 1. The lowest BCUT2D eigenvalue weighted by molar-refractivity contribution is -0.274. The Kier molecular flexibility index (Phi) is 4.65. The number of aromatic hydroxyl groups is 1. The summed E-state index contributed by atoms with van der Waals surface area (Å²) in [6.45, 7) is 0. The lowest BCUT2D eigenvalue weighted by Crippen LogP contribution is -2.38. The number of fused-ring (bicyclic) bond motifs is 1. The molecule has 9 nitrogen and oxygen atoms in total. The summed E-state index contributed by atoms with van der Waals surface area (Å²) < 4.78 is 46.0. The predicted molar refractivity (Wildman–Crippen MR) is 85.5 cm³/mol. The highest BCUT2D eigenvalue weighted by atomic mass is 19.4. The number of ketones is 1. The molecule has 3 aromatic rings. The maximum Gasteiger partial charge on any atom is 0.573 e. The highest BCUT2D eigenvalue weighted by Crippen LogP contribution is 2.37.